The molecule has 5 nitrogen and oxygen atoms in total. The lowest BCUT2D eigenvalue weighted by Gasteiger charge is -2.16. The molecular formula is C13H24N4O. The molecule has 0 aliphatic rings. The highest BCUT2D eigenvalue weighted by atomic mass is 16.3. The van der Waals surface area contributed by atoms with Crippen LogP contribution in [0.15, 0.2) is 12.3 Å². The molecule has 0 radical (unpaired) electrons. The molecular weight excluding hydrogens is 228 g/mol. The molecule has 5 heteroatoms. The number of anilines is 2. The number of nitrogens with one attached hydrogen (secondary N) is 2. The molecule has 1 aromatic heterocycles. The SMILES string of the molecule is CCCC(CCO)CNc1ccnc(NCC)n1. The van der Waals surface area contributed by atoms with E-state index in [1.165, 1.54) is 0 Å². The van der Waals surface area contributed by atoms with Gasteiger partial charge < -0.3 is 15.7 Å². The average molecular weight is 252 g/mol. The normalized spacial score (nSPS) is 12.2. The van der Waals surface area contributed by atoms with Crippen molar-refractivity contribution in [3.63, 3.8) is 0 Å². The summed E-state index contributed by atoms with van der Waals surface area (Å²) in [6, 6.07) is 1.86. The average Bonchev–Trinajstić information content (AvgIpc) is 2.37. The number of nitrogens with zero attached hydrogens (tertiary/aromatic N) is 2. The van der Waals surface area contributed by atoms with E-state index in [-0.39, 0.29) is 6.61 Å². The molecule has 0 aliphatic carbocycles. The molecule has 1 rings (SSSR count). The molecule has 102 valence electrons. The highest BCUT2D eigenvalue weighted by Crippen LogP contribution is 2.13. The molecule has 18 heavy (non-hydrogen) atoms. The Morgan fingerprint density at radius 2 is 2.11 bits per heavy atom. The van der Waals surface area contributed by atoms with Crippen LogP contribution in [-0.4, -0.2) is 34.8 Å². The summed E-state index contributed by atoms with van der Waals surface area (Å²) < 4.78 is 0. The van der Waals surface area contributed by atoms with Gasteiger partial charge in [0.05, 0.1) is 0 Å². The van der Waals surface area contributed by atoms with Gasteiger partial charge in [-0.2, -0.15) is 4.98 Å². The Morgan fingerprint density at radius 3 is 2.78 bits per heavy atom. The molecule has 0 saturated carbocycles. The third kappa shape index (κ3) is 5.31. The fourth-order valence-electron chi connectivity index (χ4n) is 1.89. The van der Waals surface area contributed by atoms with E-state index in [1.807, 2.05) is 13.0 Å². The third-order valence-corrected chi connectivity index (χ3v) is 2.80. The van der Waals surface area contributed by atoms with Gasteiger partial charge in [0.1, 0.15) is 5.82 Å². The van der Waals surface area contributed by atoms with E-state index in [1.54, 1.807) is 6.20 Å². The van der Waals surface area contributed by atoms with E-state index < -0.39 is 0 Å². The quantitative estimate of drug-likeness (QED) is 0.628. The van der Waals surface area contributed by atoms with Crippen LogP contribution in [0.1, 0.15) is 33.1 Å². The van der Waals surface area contributed by atoms with Gasteiger partial charge in [0.2, 0.25) is 5.95 Å². The van der Waals surface area contributed by atoms with E-state index in [9.17, 15) is 0 Å². The van der Waals surface area contributed by atoms with Crippen molar-refractivity contribution in [1.82, 2.24) is 9.97 Å². The van der Waals surface area contributed by atoms with E-state index in [2.05, 4.69) is 27.5 Å². The fourth-order valence-corrected chi connectivity index (χ4v) is 1.89. The molecule has 0 spiro atoms. The van der Waals surface area contributed by atoms with Crippen molar-refractivity contribution in [1.29, 1.82) is 0 Å². The maximum absolute atomic E-state index is 9.01. The Morgan fingerprint density at radius 1 is 1.28 bits per heavy atom. The Bertz CT molecular complexity index is 327. The van der Waals surface area contributed by atoms with Gasteiger partial charge in [-0.25, -0.2) is 4.98 Å². The molecule has 1 aromatic rings. The van der Waals surface area contributed by atoms with Gasteiger partial charge in [0, 0.05) is 25.9 Å². The minimum Gasteiger partial charge on any atom is -0.396 e. The summed E-state index contributed by atoms with van der Waals surface area (Å²) in [6.07, 6.45) is 4.84. The fraction of sp³-hybridized carbons (Fsp3) is 0.692. The summed E-state index contributed by atoms with van der Waals surface area (Å²) in [7, 11) is 0. The van der Waals surface area contributed by atoms with Crippen LogP contribution in [0.3, 0.4) is 0 Å². The molecule has 1 unspecified atom stereocenters. The first-order valence-corrected chi connectivity index (χ1v) is 6.71. The molecule has 3 N–H and O–H groups in total. The predicted octanol–water partition coefficient (Wildman–Crippen LogP) is 2.12. The van der Waals surface area contributed by atoms with Gasteiger partial charge in [0.25, 0.3) is 0 Å². The van der Waals surface area contributed by atoms with Crippen molar-refractivity contribution in [2.24, 2.45) is 5.92 Å². The monoisotopic (exact) mass is 252 g/mol. The predicted molar refractivity (Wildman–Crippen MR) is 74.8 cm³/mol. The molecule has 0 saturated heterocycles. The van der Waals surface area contributed by atoms with Crippen LogP contribution in [0.25, 0.3) is 0 Å². The second-order valence-electron chi connectivity index (χ2n) is 4.34. The minimum absolute atomic E-state index is 0.249. The van der Waals surface area contributed by atoms with Gasteiger partial charge in [-0.15, -0.1) is 0 Å². The van der Waals surface area contributed by atoms with Crippen LogP contribution in [0, 0.1) is 5.92 Å². The Kier molecular flexibility index (Phi) is 7.10. The lowest BCUT2D eigenvalue weighted by atomic mass is 10.0. The smallest absolute Gasteiger partial charge is 0.224 e. The zero-order valence-electron chi connectivity index (χ0n) is 11.3. The van der Waals surface area contributed by atoms with Gasteiger partial charge in [-0.05, 0) is 31.7 Å². The van der Waals surface area contributed by atoms with Crippen molar-refractivity contribution in [2.75, 3.05) is 30.3 Å². The summed E-state index contributed by atoms with van der Waals surface area (Å²) in [4.78, 5) is 8.49. The molecule has 0 aliphatic heterocycles. The highest BCUT2D eigenvalue weighted by molar-refractivity contribution is 5.39. The summed E-state index contributed by atoms with van der Waals surface area (Å²) in [6.45, 7) is 6.09. The summed E-state index contributed by atoms with van der Waals surface area (Å²) in [5.41, 5.74) is 0. The Balaban J connectivity index is 2.47. The number of aliphatic hydroxyl groups excluding tert-OH is 1. The molecule has 1 atom stereocenters. The van der Waals surface area contributed by atoms with Crippen molar-refractivity contribution in [3.05, 3.63) is 12.3 Å². The van der Waals surface area contributed by atoms with Crippen LogP contribution in [0.2, 0.25) is 0 Å². The van der Waals surface area contributed by atoms with Crippen LogP contribution in [-0.2, 0) is 0 Å². The van der Waals surface area contributed by atoms with Gasteiger partial charge >= 0.3 is 0 Å². The van der Waals surface area contributed by atoms with Crippen molar-refractivity contribution < 1.29 is 5.11 Å². The molecule has 0 bridgehead atoms. The van der Waals surface area contributed by atoms with E-state index in [0.717, 1.165) is 38.2 Å². The van der Waals surface area contributed by atoms with Crippen LogP contribution in [0.4, 0.5) is 11.8 Å². The molecule has 0 fully saturated rings. The van der Waals surface area contributed by atoms with Crippen LogP contribution in [0.5, 0.6) is 0 Å². The van der Waals surface area contributed by atoms with E-state index in [0.29, 0.717) is 11.9 Å². The standard InChI is InChI=1S/C13H24N4O/c1-3-5-11(7-9-18)10-16-12-6-8-15-13(17-12)14-4-2/h6,8,11,18H,3-5,7,9-10H2,1-2H3,(H2,14,15,16,17). The zero-order chi connectivity index (χ0) is 13.2. The highest BCUT2D eigenvalue weighted by Gasteiger charge is 2.07. The summed E-state index contributed by atoms with van der Waals surface area (Å²) >= 11 is 0. The zero-order valence-corrected chi connectivity index (χ0v) is 11.3. The number of hydrogen-bond acceptors (Lipinski definition) is 5. The van der Waals surface area contributed by atoms with Crippen LogP contribution >= 0.6 is 0 Å². The number of rotatable bonds is 9. The lowest BCUT2D eigenvalue weighted by Crippen LogP contribution is -2.16. The van der Waals surface area contributed by atoms with Gasteiger partial charge in [-0.3, -0.25) is 0 Å². The lowest BCUT2D eigenvalue weighted by molar-refractivity contribution is 0.255. The first-order chi connectivity index (χ1) is 8.80. The van der Waals surface area contributed by atoms with Crippen molar-refractivity contribution in [2.45, 2.75) is 33.1 Å². The third-order valence-electron chi connectivity index (χ3n) is 2.80. The second kappa shape index (κ2) is 8.69. The topological polar surface area (TPSA) is 70.1 Å². The summed E-state index contributed by atoms with van der Waals surface area (Å²) in [5.74, 6) is 1.98. The number of aliphatic hydroxyl groups is 1. The molecule has 0 aromatic carbocycles. The van der Waals surface area contributed by atoms with Crippen LogP contribution < -0.4 is 10.6 Å². The largest absolute Gasteiger partial charge is 0.396 e. The van der Waals surface area contributed by atoms with E-state index >= 15 is 0 Å². The Labute approximate surface area is 109 Å². The minimum atomic E-state index is 0.249. The van der Waals surface area contributed by atoms with E-state index in [4.69, 9.17) is 5.11 Å². The molecule has 1 heterocycles. The second-order valence-corrected chi connectivity index (χ2v) is 4.34. The summed E-state index contributed by atoms with van der Waals surface area (Å²) in [5, 5.41) is 15.4. The number of aromatic nitrogens is 2. The first kappa shape index (κ1) is 14.7. The maximum atomic E-state index is 9.01. The maximum Gasteiger partial charge on any atom is 0.224 e. The van der Waals surface area contributed by atoms with Gasteiger partial charge in [0.15, 0.2) is 0 Å². The number of hydrogen-bond donors (Lipinski definition) is 3. The van der Waals surface area contributed by atoms with Crippen molar-refractivity contribution >= 4 is 11.8 Å². The van der Waals surface area contributed by atoms with Gasteiger partial charge in [-0.1, -0.05) is 13.3 Å². The van der Waals surface area contributed by atoms with Crippen molar-refractivity contribution in [3.8, 4) is 0 Å². The Hall–Kier alpha value is -1.36. The molecule has 0 amide bonds. The first-order valence-electron chi connectivity index (χ1n) is 6.71.